The molecule has 1 heteroatoms. The van der Waals surface area contributed by atoms with Crippen molar-refractivity contribution in [3.05, 3.63) is 107 Å². The maximum Gasteiger partial charge on any atom is 0.0713 e. The second kappa shape index (κ2) is 13.9. The Hall–Kier alpha value is -2.38. The van der Waals surface area contributed by atoms with Crippen molar-refractivity contribution in [2.24, 2.45) is 11.8 Å². The molecule has 2 aromatic carbocycles. The van der Waals surface area contributed by atoms with E-state index in [0.717, 1.165) is 31.1 Å². The molecule has 0 unspecified atom stereocenters. The summed E-state index contributed by atoms with van der Waals surface area (Å²) in [5.41, 5.74) is 5.35. The number of hydrogen-bond acceptors (Lipinski definition) is 1. The Kier molecular flexibility index (Phi) is 10.5. The van der Waals surface area contributed by atoms with Gasteiger partial charge in [-0.1, -0.05) is 85.0 Å². The van der Waals surface area contributed by atoms with E-state index in [9.17, 15) is 0 Å². The molecule has 32 heavy (non-hydrogen) atoms. The van der Waals surface area contributed by atoms with Gasteiger partial charge in [-0.05, 0) is 92.4 Å². The normalized spacial score (nSPS) is 19.4. The van der Waals surface area contributed by atoms with Gasteiger partial charge in [-0.25, -0.2) is 0 Å². The third-order valence-corrected chi connectivity index (χ3v) is 6.58. The van der Waals surface area contributed by atoms with E-state index in [1.54, 1.807) is 7.11 Å². The molecule has 0 aliphatic heterocycles. The molecule has 0 heterocycles. The Morgan fingerprint density at radius 1 is 0.688 bits per heavy atom. The fourth-order valence-electron chi connectivity index (χ4n) is 4.59. The van der Waals surface area contributed by atoms with E-state index in [1.807, 2.05) is 0 Å². The first-order chi connectivity index (χ1) is 15.8. The van der Waals surface area contributed by atoms with E-state index in [2.05, 4.69) is 91.9 Å². The smallest absolute Gasteiger partial charge is 0.0713 e. The van der Waals surface area contributed by atoms with E-state index in [0.29, 0.717) is 6.61 Å². The molecule has 3 rings (SSSR count). The molecule has 0 bridgehead atoms. The summed E-state index contributed by atoms with van der Waals surface area (Å²) in [5, 5.41) is 0. The van der Waals surface area contributed by atoms with Gasteiger partial charge >= 0.3 is 0 Å². The van der Waals surface area contributed by atoms with E-state index >= 15 is 0 Å². The van der Waals surface area contributed by atoms with Crippen LogP contribution < -0.4 is 0 Å². The summed E-state index contributed by atoms with van der Waals surface area (Å²) in [6.07, 6.45) is 23.7. The highest BCUT2D eigenvalue weighted by molar-refractivity contribution is 5.27. The Balaban J connectivity index is 1.34. The summed E-state index contributed by atoms with van der Waals surface area (Å²) in [4.78, 5) is 0. The molecular formula is C31H40O. The highest BCUT2D eigenvalue weighted by Crippen LogP contribution is 2.31. The third-order valence-electron chi connectivity index (χ3n) is 6.58. The molecule has 1 aliphatic carbocycles. The lowest BCUT2D eigenvalue weighted by Gasteiger charge is -2.25. The molecule has 0 N–H and O–H groups in total. The number of methoxy groups -OCH3 is 1. The summed E-state index contributed by atoms with van der Waals surface area (Å²) in [6.45, 7) is 2.82. The molecular weight excluding hydrogens is 388 g/mol. The second-order valence-corrected chi connectivity index (χ2v) is 9.16. The first-order valence-corrected chi connectivity index (χ1v) is 12.3. The van der Waals surface area contributed by atoms with E-state index in [4.69, 9.17) is 4.74 Å². The largest absolute Gasteiger partial charge is 0.380 e. The van der Waals surface area contributed by atoms with Gasteiger partial charge in [0.2, 0.25) is 0 Å². The van der Waals surface area contributed by atoms with Gasteiger partial charge in [0.25, 0.3) is 0 Å². The van der Waals surface area contributed by atoms with E-state index < -0.39 is 0 Å². The van der Waals surface area contributed by atoms with Crippen LogP contribution in [-0.2, 0) is 30.6 Å². The van der Waals surface area contributed by atoms with Crippen LogP contribution in [-0.4, -0.2) is 7.11 Å². The summed E-state index contributed by atoms with van der Waals surface area (Å²) < 4.78 is 5.17. The first-order valence-electron chi connectivity index (χ1n) is 12.3. The van der Waals surface area contributed by atoms with Crippen molar-refractivity contribution >= 4 is 0 Å². The molecule has 170 valence electrons. The van der Waals surface area contributed by atoms with Gasteiger partial charge < -0.3 is 4.74 Å². The average molecular weight is 429 g/mol. The van der Waals surface area contributed by atoms with Crippen LogP contribution in [0.25, 0.3) is 0 Å². The molecule has 0 atom stereocenters. The Morgan fingerprint density at radius 3 is 1.62 bits per heavy atom. The van der Waals surface area contributed by atoms with Crippen molar-refractivity contribution in [1.82, 2.24) is 0 Å². The molecule has 1 saturated carbocycles. The lowest BCUT2D eigenvalue weighted by atomic mass is 9.80. The fraction of sp³-hybridized carbons (Fsp3) is 0.419. The van der Waals surface area contributed by atoms with Crippen LogP contribution in [0, 0.1) is 11.8 Å². The molecule has 1 nitrogen and oxygen atoms in total. The zero-order valence-corrected chi connectivity index (χ0v) is 20.0. The highest BCUT2D eigenvalue weighted by Gasteiger charge is 2.17. The standard InChI is InChI=1S/C31H40O/c1-3-8-26-13-15-27(16-14-26)9-4-5-10-28-17-19-29(20-18-28)11-6-7-12-30-21-23-31(24-22-30)25-32-2/h3-8,17-24,26-27H,9-16,25H2,1-2H3. The minimum Gasteiger partial charge on any atom is -0.380 e. The van der Waals surface area contributed by atoms with Crippen molar-refractivity contribution in [3.63, 3.8) is 0 Å². The maximum atomic E-state index is 5.17. The Labute approximate surface area is 195 Å². The molecule has 0 spiro atoms. The van der Waals surface area contributed by atoms with Crippen LogP contribution in [0.5, 0.6) is 0 Å². The summed E-state index contributed by atoms with van der Waals surface area (Å²) in [5.74, 6) is 1.73. The van der Waals surface area contributed by atoms with Gasteiger partial charge in [0, 0.05) is 7.11 Å². The lowest BCUT2D eigenvalue weighted by molar-refractivity contribution is 0.185. The zero-order valence-electron chi connectivity index (χ0n) is 20.0. The number of rotatable bonds is 11. The van der Waals surface area contributed by atoms with Crippen LogP contribution in [0.2, 0.25) is 0 Å². The molecule has 1 fully saturated rings. The van der Waals surface area contributed by atoms with Gasteiger partial charge in [-0.2, -0.15) is 0 Å². The summed E-state index contributed by atoms with van der Waals surface area (Å²) >= 11 is 0. The monoisotopic (exact) mass is 428 g/mol. The quantitative estimate of drug-likeness (QED) is 0.329. The maximum absolute atomic E-state index is 5.17. The van der Waals surface area contributed by atoms with Crippen LogP contribution in [0.1, 0.15) is 61.3 Å². The lowest BCUT2D eigenvalue weighted by Crippen LogP contribution is -2.12. The number of hydrogen-bond donors (Lipinski definition) is 0. The highest BCUT2D eigenvalue weighted by atomic mass is 16.5. The predicted octanol–water partition coefficient (Wildman–Crippen LogP) is 8.05. The van der Waals surface area contributed by atoms with Crippen molar-refractivity contribution in [3.8, 4) is 0 Å². The van der Waals surface area contributed by atoms with Crippen molar-refractivity contribution in [2.75, 3.05) is 7.11 Å². The van der Waals surface area contributed by atoms with Gasteiger partial charge in [-0.3, -0.25) is 0 Å². The van der Waals surface area contributed by atoms with Crippen molar-refractivity contribution in [2.45, 2.75) is 64.9 Å². The van der Waals surface area contributed by atoms with Crippen molar-refractivity contribution < 1.29 is 4.74 Å². The molecule has 0 aromatic heterocycles. The van der Waals surface area contributed by atoms with Gasteiger partial charge in [0.05, 0.1) is 6.61 Å². The first kappa shape index (κ1) is 24.3. The summed E-state index contributed by atoms with van der Waals surface area (Å²) in [7, 11) is 1.73. The molecule has 0 amide bonds. The summed E-state index contributed by atoms with van der Waals surface area (Å²) in [6, 6.07) is 17.8. The average Bonchev–Trinajstić information content (AvgIpc) is 2.83. The van der Waals surface area contributed by atoms with Gasteiger partial charge in [0.1, 0.15) is 0 Å². The number of ether oxygens (including phenoxy) is 1. The minimum absolute atomic E-state index is 0.680. The molecule has 1 aliphatic rings. The van der Waals surface area contributed by atoms with Gasteiger partial charge in [0.15, 0.2) is 0 Å². The third kappa shape index (κ3) is 8.63. The molecule has 0 radical (unpaired) electrons. The Morgan fingerprint density at radius 2 is 1.16 bits per heavy atom. The predicted molar refractivity (Wildman–Crippen MR) is 138 cm³/mol. The SMILES string of the molecule is CC=CC1CCC(CC=CCc2ccc(CC=CCc3ccc(COC)cc3)cc2)CC1. The molecule has 0 saturated heterocycles. The second-order valence-electron chi connectivity index (χ2n) is 9.16. The minimum atomic E-state index is 0.680. The fourth-order valence-corrected chi connectivity index (χ4v) is 4.59. The van der Waals surface area contributed by atoms with Crippen LogP contribution in [0.4, 0.5) is 0 Å². The number of allylic oxidation sites excluding steroid dienone is 6. The van der Waals surface area contributed by atoms with E-state index in [-0.39, 0.29) is 0 Å². The zero-order chi connectivity index (χ0) is 22.4. The van der Waals surface area contributed by atoms with E-state index in [1.165, 1.54) is 54.4 Å². The van der Waals surface area contributed by atoms with Crippen LogP contribution >= 0.6 is 0 Å². The van der Waals surface area contributed by atoms with Crippen molar-refractivity contribution in [1.29, 1.82) is 0 Å². The number of benzene rings is 2. The van der Waals surface area contributed by atoms with Crippen LogP contribution in [0.3, 0.4) is 0 Å². The van der Waals surface area contributed by atoms with Gasteiger partial charge in [-0.15, -0.1) is 0 Å². The molecule has 2 aromatic rings. The van der Waals surface area contributed by atoms with Crippen LogP contribution in [0.15, 0.2) is 85.0 Å². The topological polar surface area (TPSA) is 9.23 Å². The Bertz CT molecular complexity index is 846.